The van der Waals surface area contributed by atoms with Gasteiger partial charge in [0.25, 0.3) is 11.9 Å². The van der Waals surface area contributed by atoms with E-state index in [4.69, 9.17) is 0 Å². The largest absolute Gasteiger partial charge is 0.319 e. The number of H-pyrrole nitrogens is 1. The highest BCUT2D eigenvalue weighted by Crippen LogP contribution is 2.23. The number of aromatic amines is 1. The van der Waals surface area contributed by atoms with Crippen molar-refractivity contribution in [3.05, 3.63) is 60.9 Å². The molecule has 0 bridgehead atoms. The number of hydrogen-bond acceptors (Lipinski definition) is 5. The van der Waals surface area contributed by atoms with Gasteiger partial charge in [-0.25, -0.2) is 0 Å². The molecule has 2 heterocycles. The van der Waals surface area contributed by atoms with Gasteiger partial charge in [-0.15, -0.1) is 15.3 Å². The Morgan fingerprint density at radius 3 is 2.70 bits per heavy atom. The summed E-state index contributed by atoms with van der Waals surface area (Å²) in [4.78, 5) is 16.5. The highest BCUT2D eigenvalue weighted by atomic mass is 16.2. The van der Waals surface area contributed by atoms with Gasteiger partial charge in [0, 0.05) is 11.1 Å². The molecule has 4 aromatic rings. The van der Waals surface area contributed by atoms with Crippen LogP contribution in [0.4, 0.5) is 5.69 Å². The molecule has 4 rings (SSSR count). The zero-order valence-electron chi connectivity index (χ0n) is 11.8. The standard InChI is InChI=1S/C15H11N7O/c23-14(13-19-15(21-20-13)22-8-16-17-9-22)18-12-7-3-5-10-4-1-2-6-11(10)12/h1-9H,(H,18,23)(H,19,20,21). The van der Waals surface area contributed by atoms with Crippen LogP contribution in [0.2, 0.25) is 0 Å². The van der Waals surface area contributed by atoms with Crippen molar-refractivity contribution in [3.8, 4) is 5.95 Å². The molecular weight excluding hydrogens is 294 g/mol. The van der Waals surface area contributed by atoms with Crippen molar-refractivity contribution in [1.82, 2.24) is 29.9 Å². The summed E-state index contributed by atoms with van der Waals surface area (Å²) in [6.45, 7) is 0. The van der Waals surface area contributed by atoms with Gasteiger partial charge in [0.15, 0.2) is 0 Å². The molecule has 2 aromatic carbocycles. The Balaban J connectivity index is 1.62. The number of carbonyl (C=O) groups excluding carboxylic acids is 1. The second-order valence-electron chi connectivity index (χ2n) is 4.83. The number of amides is 1. The van der Waals surface area contributed by atoms with Crippen molar-refractivity contribution in [1.29, 1.82) is 0 Å². The summed E-state index contributed by atoms with van der Waals surface area (Å²) in [5.41, 5.74) is 0.718. The molecule has 0 aliphatic carbocycles. The van der Waals surface area contributed by atoms with Gasteiger partial charge in [-0.05, 0) is 11.5 Å². The number of benzene rings is 2. The lowest BCUT2D eigenvalue weighted by Gasteiger charge is -2.07. The van der Waals surface area contributed by atoms with E-state index in [1.54, 1.807) is 0 Å². The van der Waals surface area contributed by atoms with Gasteiger partial charge in [-0.3, -0.25) is 14.5 Å². The fourth-order valence-electron chi connectivity index (χ4n) is 2.29. The van der Waals surface area contributed by atoms with E-state index in [0.717, 1.165) is 16.5 Å². The SMILES string of the molecule is O=C(Nc1cccc2ccccc12)c1nc(-n2cnnc2)n[nH]1. The molecule has 0 atom stereocenters. The molecule has 0 aliphatic rings. The topological polar surface area (TPSA) is 101 Å². The van der Waals surface area contributed by atoms with Crippen LogP contribution in [0.15, 0.2) is 55.1 Å². The fourth-order valence-corrected chi connectivity index (χ4v) is 2.29. The van der Waals surface area contributed by atoms with Gasteiger partial charge in [-0.1, -0.05) is 36.4 Å². The molecule has 0 saturated carbocycles. The van der Waals surface area contributed by atoms with Crippen LogP contribution >= 0.6 is 0 Å². The summed E-state index contributed by atoms with van der Waals surface area (Å²) in [6.07, 6.45) is 2.91. The van der Waals surface area contributed by atoms with Gasteiger partial charge in [0.05, 0.1) is 0 Å². The van der Waals surface area contributed by atoms with Crippen molar-refractivity contribution in [2.24, 2.45) is 0 Å². The Morgan fingerprint density at radius 2 is 1.83 bits per heavy atom. The number of carbonyl (C=O) groups is 1. The zero-order valence-corrected chi connectivity index (χ0v) is 11.8. The molecule has 0 saturated heterocycles. The van der Waals surface area contributed by atoms with Crippen LogP contribution in [-0.2, 0) is 0 Å². The fraction of sp³-hybridized carbons (Fsp3) is 0. The van der Waals surface area contributed by atoms with Crippen molar-refractivity contribution < 1.29 is 4.79 Å². The van der Waals surface area contributed by atoms with Crippen LogP contribution < -0.4 is 5.32 Å². The number of anilines is 1. The number of nitrogens with one attached hydrogen (secondary N) is 2. The lowest BCUT2D eigenvalue weighted by Crippen LogP contribution is -2.14. The van der Waals surface area contributed by atoms with Gasteiger partial charge in [0.2, 0.25) is 5.82 Å². The number of fused-ring (bicyclic) bond motifs is 1. The van der Waals surface area contributed by atoms with Crippen LogP contribution in [0.5, 0.6) is 0 Å². The number of rotatable bonds is 3. The van der Waals surface area contributed by atoms with Gasteiger partial charge in [-0.2, -0.15) is 4.98 Å². The van der Waals surface area contributed by atoms with Crippen LogP contribution in [0.25, 0.3) is 16.7 Å². The second-order valence-corrected chi connectivity index (χ2v) is 4.83. The first-order valence-electron chi connectivity index (χ1n) is 6.88. The molecule has 8 nitrogen and oxygen atoms in total. The average Bonchev–Trinajstić information content (AvgIpc) is 3.26. The Labute approximate surface area is 130 Å². The second kappa shape index (κ2) is 5.34. The summed E-state index contributed by atoms with van der Waals surface area (Å²) < 4.78 is 1.51. The molecule has 0 unspecified atom stereocenters. The number of hydrogen-bond donors (Lipinski definition) is 2. The van der Waals surface area contributed by atoms with E-state index in [1.807, 2.05) is 42.5 Å². The first-order valence-corrected chi connectivity index (χ1v) is 6.88. The molecule has 0 spiro atoms. The van der Waals surface area contributed by atoms with Crippen molar-refractivity contribution in [3.63, 3.8) is 0 Å². The molecule has 0 aliphatic heterocycles. The summed E-state index contributed by atoms with van der Waals surface area (Å²) in [5, 5.41) is 18.8. The Morgan fingerprint density at radius 1 is 1.04 bits per heavy atom. The molecule has 1 amide bonds. The number of aromatic nitrogens is 6. The van der Waals surface area contributed by atoms with Gasteiger partial charge < -0.3 is 5.32 Å². The molecular formula is C15H11N7O. The van der Waals surface area contributed by atoms with E-state index < -0.39 is 0 Å². The first-order chi connectivity index (χ1) is 11.3. The lowest BCUT2D eigenvalue weighted by atomic mass is 10.1. The summed E-state index contributed by atoms with van der Waals surface area (Å²) >= 11 is 0. The van der Waals surface area contributed by atoms with Crippen molar-refractivity contribution in [2.45, 2.75) is 0 Å². The average molecular weight is 305 g/mol. The minimum absolute atomic E-state index is 0.113. The Kier molecular flexibility index (Phi) is 3.05. The Bertz CT molecular complexity index is 969. The highest BCUT2D eigenvalue weighted by molar-refractivity contribution is 6.07. The normalized spacial score (nSPS) is 10.8. The third-order valence-corrected chi connectivity index (χ3v) is 3.38. The molecule has 0 radical (unpaired) electrons. The molecule has 112 valence electrons. The zero-order chi connectivity index (χ0) is 15.6. The molecule has 2 N–H and O–H groups in total. The monoisotopic (exact) mass is 305 g/mol. The summed E-state index contributed by atoms with van der Waals surface area (Å²) in [7, 11) is 0. The molecule has 2 aromatic heterocycles. The van der Waals surface area contributed by atoms with Crippen LogP contribution in [0, 0.1) is 0 Å². The van der Waals surface area contributed by atoms with Gasteiger partial charge in [0.1, 0.15) is 12.7 Å². The van der Waals surface area contributed by atoms with Crippen molar-refractivity contribution >= 4 is 22.4 Å². The molecule has 8 heteroatoms. The maximum absolute atomic E-state index is 12.4. The third kappa shape index (κ3) is 2.42. The van der Waals surface area contributed by atoms with Crippen LogP contribution in [0.3, 0.4) is 0 Å². The van der Waals surface area contributed by atoms with Crippen molar-refractivity contribution in [2.75, 3.05) is 5.32 Å². The lowest BCUT2D eigenvalue weighted by molar-refractivity contribution is 0.101. The summed E-state index contributed by atoms with van der Waals surface area (Å²) in [5.74, 6) is 0.0490. The van der Waals surface area contributed by atoms with Crippen LogP contribution in [-0.4, -0.2) is 35.9 Å². The first kappa shape index (κ1) is 13.1. The Hall–Kier alpha value is -3.55. The van der Waals surface area contributed by atoms with E-state index in [9.17, 15) is 4.79 Å². The smallest absolute Gasteiger partial charge is 0.293 e. The summed E-state index contributed by atoms with van der Waals surface area (Å²) in [6, 6.07) is 13.5. The number of nitrogens with zero attached hydrogens (tertiary/aromatic N) is 5. The van der Waals surface area contributed by atoms with E-state index >= 15 is 0 Å². The maximum atomic E-state index is 12.4. The predicted octanol–water partition coefficient (Wildman–Crippen LogP) is 1.79. The van der Waals surface area contributed by atoms with Gasteiger partial charge >= 0.3 is 0 Å². The minimum atomic E-state index is -0.367. The third-order valence-electron chi connectivity index (χ3n) is 3.38. The van der Waals surface area contributed by atoms with E-state index in [2.05, 4.69) is 30.7 Å². The quantitative estimate of drug-likeness (QED) is 0.601. The van der Waals surface area contributed by atoms with E-state index in [-0.39, 0.29) is 11.7 Å². The minimum Gasteiger partial charge on any atom is -0.319 e. The molecule has 0 fully saturated rings. The highest BCUT2D eigenvalue weighted by Gasteiger charge is 2.14. The molecule has 23 heavy (non-hydrogen) atoms. The van der Waals surface area contributed by atoms with E-state index in [1.165, 1.54) is 17.2 Å². The van der Waals surface area contributed by atoms with Crippen LogP contribution in [0.1, 0.15) is 10.6 Å². The van der Waals surface area contributed by atoms with E-state index in [0.29, 0.717) is 5.95 Å². The predicted molar refractivity (Wildman–Crippen MR) is 83.2 cm³/mol. The maximum Gasteiger partial charge on any atom is 0.293 e.